The van der Waals surface area contributed by atoms with Crippen molar-refractivity contribution >= 4 is 21.5 Å². The van der Waals surface area contributed by atoms with Crippen LogP contribution in [0.5, 0.6) is 0 Å². The van der Waals surface area contributed by atoms with Gasteiger partial charge in [0.15, 0.2) is 5.78 Å². The lowest BCUT2D eigenvalue weighted by molar-refractivity contribution is -0.139. The molecule has 4 nitrogen and oxygen atoms in total. The highest BCUT2D eigenvalue weighted by molar-refractivity contribution is 7.92. The fraction of sp³-hybridized carbons (Fsp3) is 0.133. The van der Waals surface area contributed by atoms with Gasteiger partial charge >= 0.3 is 6.18 Å². The molecule has 2 aromatic rings. The van der Waals surface area contributed by atoms with Crippen molar-refractivity contribution in [3.63, 3.8) is 0 Å². The highest BCUT2D eigenvalue weighted by Gasteiger charge is 2.34. The highest BCUT2D eigenvalue weighted by atomic mass is 32.2. The number of rotatable bonds is 4. The standard InChI is InChI=1S/C15H11F4NO3S/c1-9(21)10-3-2-4-12(7-10)24(22,23)20-11-5-6-14(16)13(8-11)15(17,18)19/h2-8,20H,1H3. The number of Topliss-reactive ketones (excluding diaryl/α,β-unsaturated/α-hetero) is 1. The Labute approximate surface area is 135 Å². The van der Waals surface area contributed by atoms with Crippen LogP contribution in [0.4, 0.5) is 23.2 Å². The highest BCUT2D eigenvalue weighted by Crippen LogP contribution is 2.33. The Kier molecular flexibility index (Phi) is 4.66. The summed E-state index contributed by atoms with van der Waals surface area (Å²) in [5.74, 6) is -1.88. The second-order valence-electron chi connectivity index (χ2n) is 4.88. The van der Waals surface area contributed by atoms with Gasteiger partial charge in [0.2, 0.25) is 0 Å². The van der Waals surface area contributed by atoms with Crippen LogP contribution >= 0.6 is 0 Å². The molecule has 2 rings (SSSR count). The first-order valence-electron chi connectivity index (χ1n) is 6.51. The van der Waals surface area contributed by atoms with E-state index in [0.29, 0.717) is 12.1 Å². The van der Waals surface area contributed by atoms with Crippen LogP contribution in [-0.2, 0) is 16.2 Å². The Morgan fingerprint density at radius 2 is 1.75 bits per heavy atom. The van der Waals surface area contributed by atoms with Crippen LogP contribution in [-0.4, -0.2) is 14.2 Å². The number of carbonyl (C=O) groups excluding carboxylic acids is 1. The quantitative estimate of drug-likeness (QED) is 0.665. The van der Waals surface area contributed by atoms with E-state index in [9.17, 15) is 30.8 Å². The van der Waals surface area contributed by atoms with Crippen molar-refractivity contribution in [3.05, 3.63) is 59.4 Å². The molecule has 0 atom stereocenters. The molecule has 128 valence electrons. The lowest BCUT2D eigenvalue weighted by atomic mass is 10.2. The summed E-state index contributed by atoms with van der Waals surface area (Å²) >= 11 is 0. The molecule has 0 unspecified atom stereocenters. The van der Waals surface area contributed by atoms with Gasteiger partial charge < -0.3 is 0 Å². The number of ketones is 1. The fourth-order valence-electron chi connectivity index (χ4n) is 1.90. The molecule has 0 saturated heterocycles. The number of sulfonamides is 1. The molecule has 0 bridgehead atoms. The van der Waals surface area contributed by atoms with Crippen LogP contribution in [0.25, 0.3) is 0 Å². The van der Waals surface area contributed by atoms with Gasteiger partial charge in [-0.2, -0.15) is 13.2 Å². The molecule has 1 N–H and O–H groups in total. The number of halogens is 4. The van der Waals surface area contributed by atoms with Gasteiger partial charge in [0.05, 0.1) is 10.5 Å². The zero-order valence-electron chi connectivity index (χ0n) is 12.2. The van der Waals surface area contributed by atoms with Gasteiger partial charge in [0, 0.05) is 11.3 Å². The van der Waals surface area contributed by atoms with Gasteiger partial charge in [0.25, 0.3) is 10.0 Å². The predicted molar refractivity (Wildman–Crippen MR) is 78.7 cm³/mol. The zero-order valence-corrected chi connectivity index (χ0v) is 13.0. The van der Waals surface area contributed by atoms with Crippen molar-refractivity contribution in [2.24, 2.45) is 0 Å². The summed E-state index contributed by atoms with van der Waals surface area (Å²) in [5.41, 5.74) is -1.90. The van der Waals surface area contributed by atoms with E-state index in [1.54, 1.807) is 0 Å². The molecule has 24 heavy (non-hydrogen) atoms. The third kappa shape index (κ3) is 3.91. The molecule has 0 fully saturated rings. The summed E-state index contributed by atoms with van der Waals surface area (Å²) in [5, 5.41) is 0. The first-order valence-corrected chi connectivity index (χ1v) is 7.99. The maximum atomic E-state index is 13.2. The van der Waals surface area contributed by atoms with E-state index in [0.717, 1.165) is 12.1 Å². The molecular weight excluding hydrogens is 350 g/mol. The van der Waals surface area contributed by atoms with Crippen LogP contribution in [0.3, 0.4) is 0 Å². The van der Waals surface area contributed by atoms with Crippen molar-refractivity contribution in [2.75, 3.05) is 4.72 Å². The molecule has 0 heterocycles. The molecule has 9 heteroatoms. The van der Waals surface area contributed by atoms with E-state index < -0.39 is 33.3 Å². The molecule has 0 aliphatic rings. The summed E-state index contributed by atoms with van der Waals surface area (Å²) in [6, 6.07) is 6.77. The summed E-state index contributed by atoms with van der Waals surface area (Å²) in [4.78, 5) is 11.0. The van der Waals surface area contributed by atoms with Crippen molar-refractivity contribution in [1.29, 1.82) is 0 Å². The van der Waals surface area contributed by atoms with Crippen LogP contribution < -0.4 is 4.72 Å². The maximum absolute atomic E-state index is 13.2. The second kappa shape index (κ2) is 6.23. The summed E-state index contributed by atoms with van der Waals surface area (Å²) in [6.07, 6.45) is -4.96. The lowest BCUT2D eigenvalue weighted by Gasteiger charge is -2.12. The van der Waals surface area contributed by atoms with Crippen LogP contribution in [0.1, 0.15) is 22.8 Å². The minimum Gasteiger partial charge on any atom is -0.295 e. The maximum Gasteiger partial charge on any atom is 0.419 e. The molecule has 0 radical (unpaired) electrons. The zero-order chi connectivity index (χ0) is 18.1. The number of hydrogen-bond acceptors (Lipinski definition) is 3. The van der Waals surface area contributed by atoms with E-state index in [-0.39, 0.29) is 16.2 Å². The van der Waals surface area contributed by atoms with E-state index in [2.05, 4.69) is 0 Å². The second-order valence-corrected chi connectivity index (χ2v) is 6.56. The van der Waals surface area contributed by atoms with Crippen molar-refractivity contribution in [2.45, 2.75) is 18.0 Å². The van der Waals surface area contributed by atoms with Gasteiger partial charge in [-0.05, 0) is 37.3 Å². The normalized spacial score (nSPS) is 12.0. The van der Waals surface area contributed by atoms with Gasteiger partial charge in [-0.3, -0.25) is 9.52 Å². The van der Waals surface area contributed by atoms with Gasteiger partial charge in [-0.1, -0.05) is 12.1 Å². The molecular formula is C15H11F4NO3S. The number of benzene rings is 2. The van der Waals surface area contributed by atoms with E-state index in [4.69, 9.17) is 0 Å². The van der Waals surface area contributed by atoms with Crippen LogP contribution in [0.15, 0.2) is 47.4 Å². The van der Waals surface area contributed by atoms with Crippen LogP contribution in [0, 0.1) is 5.82 Å². The number of carbonyl (C=O) groups is 1. The molecule has 2 aromatic carbocycles. The summed E-state index contributed by atoms with van der Waals surface area (Å²) < 4.78 is 77.6. The lowest BCUT2D eigenvalue weighted by Crippen LogP contribution is -2.15. The number of anilines is 1. The Morgan fingerprint density at radius 1 is 1.08 bits per heavy atom. The Balaban J connectivity index is 2.40. The third-order valence-electron chi connectivity index (χ3n) is 3.07. The predicted octanol–water partition coefficient (Wildman–Crippen LogP) is 3.85. The molecule has 0 aliphatic carbocycles. The third-order valence-corrected chi connectivity index (χ3v) is 4.45. The summed E-state index contributed by atoms with van der Waals surface area (Å²) in [6.45, 7) is 1.24. The number of hydrogen-bond donors (Lipinski definition) is 1. The Morgan fingerprint density at radius 3 is 2.33 bits per heavy atom. The molecule has 0 spiro atoms. The van der Waals surface area contributed by atoms with E-state index in [1.165, 1.54) is 25.1 Å². The van der Waals surface area contributed by atoms with Crippen LogP contribution in [0.2, 0.25) is 0 Å². The van der Waals surface area contributed by atoms with Crippen molar-refractivity contribution < 1.29 is 30.8 Å². The first kappa shape index (κ1) is 17.9. The largest absolute Gasteiger partial charge is 0.419 e. The smallest absolute Gasteiger partial charge is 0.295 e. The number of alkyl halides is 3. The number of nitrogens with one attached hydrogen (secondary N) is 1. The van der Waals surface area contributed by atoms with Gasteiger partial charge in [-0.25, -0.2) is 12.8 Å². The van der Waals surface area contributed by atoms with Gasteiger partial charge in [-0.15, -0.1) is 0 Å². The Hall–Kier alpha value is -2.42. The van der Waals surface area contributed by atoms with E-state index >= 15 is 0 Å². The molecule has 0 amide bonds. The minimum absolute atomic E-state index is 0.132. The topological polar surface area (TPSA) is 63.2 Å². The SMILES string of the molecule is CC(=O)c1cccc(S(=O)(=O)Nc2ccc(F)c(C(F)(F)F)c2)c1. The molecule has 0 saturated carbocycles. The van der Waals surface area contributed by atoms with Crippen molar-refractivity contribution in [1.82, 2.24) is 0 Å². The molecule has 0 aromatic heterocycles. The monoisotopic (exact) mass is 361 g/mol. The minimum atomic E-state index is -4.96. The van der Waals surface area contributed by atoms with Gasteiger partial charge in [0.1, 0.15) is 5.82 Å². The fourth-order valence-corrected chi connectivity index (χ4v) is 3.00. The van der Waals surface area contributed by atoms with E-state index in [1.807, 2.05) is 4.72 Å². The first-order chi connectivity index (χ1) is 11.0. The summed E-state index contributed by atoms with van der Waals surface area (Å²) in [7, 11) is -4.24. The van der Waals surface area contributed by atoms with Crippen molar-refractivity contribution in [3.8, 4) is 0 Å². The average Bonchev–Trinajstić information content (AvgIpc) is 2.48. The Bertz CT molecular complexity index is 892. The average molecular weight is 361 g/mol. The molecule has 0 aliphatic heterocycles.